The van der Waals surface area contributed by atoms with E-state index in [9.17, 15) is 0 Å². The summed E-state index contributed by atoms with van der Waals surface area (Å²) in [7, 11) is 0. The topological polar surface area (TPSA) is 37.4 Å². The molecule has 4 heteroatoms. The highest BCUT2D eigenvalue weighted by Crippen LogP contribution is 2.37. The van der Waals surface area contributed by atoms with E-state index in [4.69, 9.17) is 4.74 Å². The fraction of sp³-hybridized carbons (Fsp3) is 0.706. The van der Waals surface area contributed by atoms with E-state index in [1.165, 1.54) is 32.4 Å². The van der Waals surface area contributed by atoms with Crippen LogP contribution in [-0.4, -0.2) is 47.8 Å². The van der Waals surface area contributed by atoms with E-state index in [-0.39, 0.29) is 5.60 Å². The smallest absolute Gasteiger partial charge is 0.126 e. The normalized spacial score (nSPS) is 33.4. The van der Waals surface area contributed by atoms with Crippen LogP contribution in [0, 0.1) is 5.92 Å². The minimum absolute atomic E-state index is 0.0968. The maximum absolute atomic E-state index is 6.22. The lowest BCUT2D eigenvalue weighted by atomic mass is 9.89. The number of hydrogen-bond acceptors (Lipinski definition) is 4. The van der Waals surface area contributed by atoms with Gasteiger partial charge in [0.15, 0.2) is 0 Å². The summed E-state index contributed by atoms with van der Waals surface area (Å²) >= 11 is 0. The molecule has 4 rings (SSSR count). The van der Waals surface area contributed by atoms with Crippen LogP contribution in [0.25, 0.3) is 0 Å². The number of hydrogen-bond donors (Lipinski definition) is 1. The molecule has 0 aromatic carbocycles. The summed E-state index contributed by atoms with van der Waals surface area (Å²) in [6, 6.07) is 6.55. The second kappa shape index (κ2) is 5.58. The van der Waals surface area contributed by atoms with Crippen molar-refractivity contribution in [2.45, 2.75) is 43.7 Å². The molecule has 1 saturated carbocycles. The monoisotopic (exact) mass is 287 g/mol. The number of nitrogens with zero attached hydrogens (tertiary/aromatic N) is 2. The predicted molar refractivity (Wildman–Crippen MR) is 83.3 cm³/mol. The maximum Gasteiger partial charge on any atom is 0.126 e. The van der Waals surface area contributed by atoms with E-state index in [1.807, 2.05) is 18.3 Å². The molecule has 1 aliphatic carbocycles. The summed E-state index contributed by atoms with van der Waals surface area (Å²) in [5.74, 6) is 1.97. The Hall–Kier alpha value is -1.13. The van der Waals surface area contributed by atoms with Gasteiger partial charge in [-0.05, 0) is 50.2 Å². The van der Waals surface area contributed by atoms with Crippen LogP contribution < -0.4 is 5.32 Å². The number of likely N-dealkylation sites (tertiary alicyclic amines) is 1. The highest BCUT2D eigenvalue weighted by Gasteiger charge is 2.44. The molecule has 1 N–H and O–H groups in total. The van der Waals surface area contributed by atoms with Gasteiger partial charge in [0.2, 0.25) is 0 Å². The largest absolute Gasteiger partial charge is 0.373 e. The Morgan fingerprint density at radius 3 is 3.10 bits per heavy atom. The van der Waals surface area contributed by atoms with Crippen molar-refractivity contribution in [2.24, 2.45) is 5.92 Å². The van der Waals surface area contributed by atoms with E-state index in [2.05, 4.69) is 21.3 Å². The molecule has 3 fully saturated rings. The van der Waals surface area contributed by atoms with Gasteiger partial charge in [0.05, 0.1) is 5.60 Å². The maximum atomic E-state index is 6.22. The Labute approximate surface area is 126 Å². The lowest BCUT2D eigenvalue weighted by molar-refractivity contribution is -0.0735. The van der Waals surface area contributed by atoms with Crippen LogP contribution in [-0.2, 0) is 4.74 Å². The standard InChI is InChI=1S/C17H25N3O/c1-2-8-18-16(3-1)19-15-6-10-21-17(11-15)7-9-20(13-17)12-14-4-5-14/h1-3,8,14-15H,4-7,9-13H2,(H,18,19)/t15-,17-/m1/s1. The number of anilines is 1. The second-order valence-corrected chi connectivity index (χ2v) is 7.01. The molecule has 1 aromatic heterocycles. The van der Waals surface area contributed by atoms with Crippen LogP contribution in [0.5, 0.6) is 0 Å². The lowest BCUT2D eigenvalue weighted by Gasteiger charge is -2.38. The Kier molecular flexibility index (Phi) is 3.59. The first-order chi connectivity index (χ1) is 10.3. The molecule has 2 saturated heterocycles. The molecular formula is C17H25N3O. The second-order valence-electron chi connectivity index (χ2n) is 7.01. The van der Waals surface area contributed by atoms with Gasteiger partial charge in [-0.1, -0.05) is 6.07 Å². The first-order valence-corrected chi connectivity index (χ1v) is 8.35. The average molecular weight is 287 g/mol. The fourth-order valence-electron chi connectivity index (χ4n) is 3.84. The molecule has 0 radical (unpaired) electrons. The minimum Gasteiger partial charge on any atom is -0.373 e. The Balaban J connectivity index is 1.36. The summed E-state index contributed by atoms with van der Waals surface area (Å²) in [5.41, 5.74) is 0.0968. The summed E-state index contributed by atoms with van der Waals surface area (Å²) in [6.45, 7) is 4.52. The first kappa shape index (κ1) is 13.5. The molecule has 0 amide bonds. The van der Waals surface area contributed by atoms with Crippen LogP contribution >= 0.6 is 0 Å². The molecule has 3 aliphatic rings. The van der Waals surface area contributed by atoms with Crippen LogP contribution in [0.15, 0.2) is 24.4 Å². The van der Waals surface area contributed by atoms with Crippen molar-refractivity contribution >= 4 is 5.82 Å². The molecule has 114 valence electrons. The van der Waals surface area contributed by atoms with Gasteiger partial charge in [-0.25, -0.2) is 4.98 Å². The highest BCUT2D eigenvalue weighted by atomic mass is 16.5. The molecule has 1 spiro atoms. The third-order valence-corrected chi connectivity index (χ3v) is 5.12. The summed E-state index contributed by atoms with van der Waals surface area (Å²) in [5, 5.41) is 3.59. The van der Waals surface area contributed by atoms with Gasteiger partial charge in [-0.2, -0.15) is 0 Å². The van der Waals surface area contributed by atoms with Gasteiger partial charge in [-0.3, -0.25) is 0 Å². The molecule has 21 heavy (non-hydrogen) atoms. The van der Waals surface area contributed by atoms with Gasteiger partial charge in [0.25, 0.3) is 0 Å². The molecule has 0 bridgehead atoms. The van der Waals surface area contributed by atoms with Crippen molar-refractivity contribution in [3.05, 3.63) is 24.4 Å². The summed E-state index contributed by atoms with van der Waals surface area (Å²) < 4.78 is 6.22. The zero-order valence-electron chi connectivity index (χ0n) is 12.6. The molecular weight excluding hydrogens is 262 g/mol. The van der Waals surface area contributed by atoms with Crippen molar-refractivity contribution in [1.29, 1.82) is 0 Å². The van der Waals surface area contributed by atoms with Crippen LogP contribution in [0.3, 0.4) is 0 Å². The minimum atomic E-state index is 0.0968. The summed E-state index contributed by atoms with van der Waals surface area (Å²) in [6.07, 6.45) is 8.12. The van der Waals surface area contributed by atoms with Gasteiger partial charge in [0, 0.05) is 38.5 Å². The van der Waals surface area contributed by atoms with Crippen molar-refractivity contribution < 1.29 is 4.74 Å². The third-order valence-electron chi connectivity index (χ3n) is 5.12. The first-order valence-electron chi connectivity index (χ1n) is 8.35. The number of pyridine rings is 1. The van der Waals surface area contributed by atoms with E-state index < -0.39 is 0 Å². The van der Waals surface area contributed by atoms with E-state index in [0.29, 0.717) is 6.04 Å². The molecule has 3 heterocycles. The Morgan fingerprint density at radius 1 is 1.33 bits per heavy atom. The lowest BCUT2D eigenvalue weighted by Crippen LogP contribution is -2.46. The number of nitrogens with one attached hydrogen (secondary N) is 1. The predicted octanol–water partition coefficient (Wildman–Crippen LogP) is 2.53. The van der Waals surface area contributed by atoms with Gasteiger partial charge >= 0.3 is 0 Å². The average Bonchev–Trinajstić information content (AvgIpc) is 3.23. The zero-order chi connectivity index (χ0) is 14.1. The Bertz CT molecular complexity index is 476. The van der Waals surface area contributed by atoms with Gasteiger partial charge in [0.1, 0.15) is 5.82 Å². The highest BCUT2D eigenvalue weighted by molar-refractivity contribution is 5.34. The summed E-state index contributed by atoms with van der Waals surface area (Å²) in [4.78, 5) is 7.01. The van der Waals surface area contributed by atoms with E-state index in [1.54, 1.807) is 0 Å². The fourth-order valence-corrected chi connectivity index (χ4v) is 3.84. The zero-order valence-corrected chi connectivity index (χ0v) is 12.6. The molecule has 2 aliphatic heterocycles. The Morgan fingerprint density at radius 2 is 2.29 bits per heavy atom. The molecule has 4 nitrogen and oxygen atoms in total. The molecule has 2 atom stereocenters. The van der Waals surface area contributed by atoms with Crippen molar-refractivity contribution in [3.8, 4) is 0 Å². The quantitative estimate of drug-likeness (QED) is 0.923. The van der Waals surface area contributed by atoms with Crippen molar-refractivity contribution in [1.82, 2.24) is 9.88 Å². The van der Waals surface area contributed by atoms with Crippen molar-refractivity contribution in [2.75, 3.05) is 31.6 Å². The van der Waals surface area contributed by atoms with Crippen LogP contribution in [0.1, 0.15) is 32.1 Å². The molecule has 0 unspecified atom stereocenters. The SMILES string of the molecule is c1ccc(N[C@@H]2CCO[C@]3(CCN(CC4CC4)C3)C2)nc1. The third kappa shape index (κ3) is 3.22. The molecule has 1 aromatic rings. The number of rotatable bonds is 4. The van der Waals surface area contributed by atoms with E-state index in [0.717, 1.165) is 37.7 Å². The van der Waals surface area contributed by atoms with Crippen LogP contribution in [0.2, 0.25) is 0 Å². The van der Waals surface area contributed by atoms with Gasteiger partial charge < -0.3 is 15.0 Å². The van der Waals surface area contributed by atoms with E-state index >= 15 is 0 Å². The number of aromatic nitrogens is 1. The van der Waals surface area contributed by atoms with Crippen LogP contribution in [0.4, 0.5) is 5.82 Å². The number of ether oxygens (including phenoxy) is 1. The van der Waals surface area contributed by atoms with Crippen molar-refractivity contribution in [3.63, 3.8) is 0 Å². The van der Waals surface area contributed by atoms with Gasteiger partial charge in [-0.15, -0.1) is 0 Å².